The van der Waals surface area contributed by atoms with Crippen molar-refractivity contribution in [2.24, 2.45) is 0 Å². The van der Waals surface area contributed by atoms with Gasteiger partial charge in [0.25, 0.3) is 0 Å². The first-order valence-electron chi connectivity index (χ1n) is 5.22. The second kappa shape index (κ2) is 4.47. The number of aromatic nitrogens is 1. The molecule has 0 aliphatic carbocycles. The number of likely N-dealkylation sites (tertiary alicyclic amines) is 1. The number of hydrogen-bond acceptors (Lipinski definition) is 2. The molecule has 0 radical (unpaired) electrons. The number of nitrogens with one attached hydrogen (secondary N) is 1. The van der Waals surface area contributed by atoms with Gasteiger partial charge in [-0.25, -0.2) is 9.18 Å². The van der Waals surface area contributed by atoms with Crippen molar-refractivity contribution in [3.05, 3.63) is 29.6 Å². The molecular weight excluding hydrogens is 209 g/mol. The molecule has 86 valence electrons. The minimum absolute atomic E-state index is 0.206. The van der Waals surface area contributed by atoms with Crippen molar-refractivity contribution in [1.82, 2.24) is 15.2 Å². The summed E-state index contributed by atoms with van der Waals surface area (Å²) in [6.45, 7) is 2.79. The van der Waals surface area contributed by atoms with E-state index in [2.05, 4.69) is 10.3 Å². The number of pyridine rings is 1. The molecule has 1 aromatic heterocycles. The summed E-state index contributed by atoms with van der Waals surface area (Å²) < 4.78 is 12.5. The summed E-state index contributed by atoms with van der Waals surface area (Å²) in [5, 5.41) is 2.73. The molecule has 1 aliphatic heterocycles. The van der Waals surface area contributed by atoms with Crippen LogP contribution in [0.2, 0.25) is 0 Å². The number of amides is 2. The van der Waals surface area contributed by atoms with Crippen LogP contribution in [0.1, 0.15) is 11.1 Å². The van der Waals surface area contributed by atoms with Gasteiger partial charge in [-0.1, -0.05) is 6.07 Å². The first kappa shape index (κ1) is 10.9. The van der Waals surface area contributed by atoms with Gasteiger partial charge in [-0.2, -0.15) is 0 Å². The second-order valence-electron chi connectivity index (χ2n) is 4.03. The van der Waals surface area contributed by atoms with E-state index in [1.807, 2.05) is 13.0 Å². The third kappa shape index (κ3) is 2.48. The highest BCUT2D eigenvalue weighted by Gasteiger charge is 2.29. The Morgan fingerprint density at radius 1 is 1.62 bits per heavy atom. The quantitative estimate of drug-likeness (QED) is 0.820. The Hall–Kier alpha value is -1.65. The molecule has 16 heavy (non-hydrogen) atoms. The van der Waals surface area contributed by atoms with Crippen LogP contribution in [-0.2, 0) is 6.54 Å². The maximum absolute atomic E-state index is 12.5. The zero-order valence-corrected chi connectivity index (χ0v) is 9.11. The first-order chi connectivity index (χ1) is 7.65. The van der Waals surface area contributed by atoms with Crippen LogP contribution in [0.3, 0.4) is 0 Å². The lowest BCUT2D eigenvalue weighted by molar-refractivity contribution is 0.0897. The third-order valence-corrected chi connectivity index (χ3v) is 2.50. The second-order valence-corrected chi connectivity index (χ2v) is 4.03. The van der Waals surface area contributed by atoms with Crippen LogP contribution >= 0.6 is 0 Å². The molecule has 0 spiro atoms. The van der Waals surface area contributed by atoms with Crippen molar-refractivity contribution < 1.29 is 9.18 Å². The van der Waals surface area contributed by atoms with Crippen molar-refractivity contribution >= 4 is 6.03 Å². The van der Waals surface area contributed by atoms with Crippen LogP contribution in [0.4, 0.5) is 9.18 Å². The number of aryl methyl sites for hydroxylation is 1. The van der Waals surface area contributed by atoms with E-state index in [0.29, 0.717) is 6.54 Å². The lowest BCUT2D eigenvalue weighted by atomic mass is 10.2. The van der Waals surface area contributed by atoms with Crippen LogP contribution < -0.4 is 5.32 Å². The summed E-state index contributed by atoms with van der Waals surface area (Å²) in [5.74, 6) is 0. The smallest absolute Gasteiger partial charge is 0.317 e. The topological polar surface area (TPSA) is 45.2 Å². The Balaban J connectivity index is 1.81. The molecule has 2 amide bonds. The number of halogens is 1. The Labute approximate surface area is 93.5 Å². The highest BCUT2D eigenvalue weighted by Crippen LogP contribution is 2.11. The lowest BCUT2D eigenvalue weighted by Crippen LogP contribution is -2.54. The van der Waals surface area contributed by atoms with Gasteiger partial charge in [0, 0.05) is 18.9 Å². The van der Waals surface area contributed by atoms with Crippen LogP contribution in [-0.4, -0.2) is 35.2 Å². The third-order valence-electron chi connectivity index (χ3n) is 2.50. The van der Waals surface area contributed by atoms with E-state index in [0.717, 1.165) is 11.1 Å². The Kier molecular flexibility index (Phi) is 3.03. The van der Waals surface area contributed by atoms with E-state index in [-0.39, 0.29) is 19.1 Å². The normalized spacial score (nSPS) is 15.8. The molecule has 1 saturated heterocycles. The predicted molar refractivity (Wildman–Crippen MR) is 57.7 cm³/mol. The minimum Gasteiger partial charge on any atom is -0.334 e. The minimum atomic E-state index is -0.855. The highest BCUT2D eigenvalue weighted by atomic mass is 19.1. The first-order valence-corrected chi connectivity index (χ1v) is 5.22. The fraction of sp³-hybridized carbons (Fsp3) is 0.455. The van der Waals surface area contributed by atoms with Crippen molar-refractivity contribution in [2.75, 3.05) is 13.1 Å². The largest absolute Gasteiger partial charge is 0.334 e. The Morgan fingerprint density at radius 2 is 2.38 bits per heavy atom. The average molecular weight is 223 g/mol. The molecule has 0 bridgehead atoms. The number of nitrogens with zero attached hydrogens (tertiary/aromatic N) is 2. The molecule has 4 nitrogen and oxygen atoms in total. The van der Waals surface area contributed by atoms with Gasteiger partial charge in [0.05, 0.1) is 13.1 Å². The number of carbonyl (C=O) groups excluding carboxylic acids is 1. The van der Waals surface area contributed by atoms with Crippen molar-refractivity contribution in [3.63, 3.8) is 0 Å². The molecule has 0 unspecified atom stereocenters. The van der Waals surface area contributed by atoms with E-state index in [1.165, 1.54) is 4.90 Å². The molecule has 0 atom stereocenters. The molecule has 1 aliphatic rings. The molecule has 0 saturated carbocycles. The van der Waals surface area contributed by atoms with Crippen molar-refractivity contribution in [2.45, 2.75) is 19.6 Å². The van der Waals surface area contributed by atoms with Crippen LogP contribution in [0.15, 0.2) is 18.5 Å². The molecule has 1 N–H and O–H groups in total. The zero-order chi connectivity index (χ0) is 11.5. The van der Waals surface area contributed by atoms with Gasteiger partial charge in [-0.3, -0.25) is 4.98 Å². The number of rotatable bonds is 2. The van der Waals surface area contributed by atoms with Gasteiger partial charge in [0.2, 0.25) is 0 Å². The van der Waals surface area contributed by atoms with E-state index in [9.17, 15) is 9.18 Å². The molecule has 2 rings (SSSR count). The Bertz CT molecular complexity index is 391. The van der Waals surface area contributed by atoms with Crippen molar-refractivity contribution in [3.8, 4) is 0 Å². The van der Waals surface area contributed by atoms with Crippen molar-refractivity contribution in [1.29, 1.82) is 0 Å². The summed E-state index contributed by atoms with van der Waals surface area (Å²) in [4.78, 5) is 16.9. The molecular formula is C11H14FN3O. The van der Waals surface area contributed by atoms with Crippen LogP contribution in [0, 0.1) is 6.92 Å². The maximum Gasteiger partial charge on any atom is 0.317 e. The SMILES string of the molecule is Cc1cncc(CNC(=O)N2CC(F)C2)c1. The maximum atomic E-state index is 12.5. The number of urea groups is 1. The highest BCUT2D eigenvalue weighted by molar-refractivity contribution is 5.75. The van der Waals surface area contributed by atoms with Gasteiger partial charge < -0.3 is 10.2 Å². The predicted octanol–water partition coefficient (Wildman–Crippen LogP) is 1.25. The molecule has 5 heteroatoms. The van der Waals surface area contributed by atoms with E-state index in [1.54, 1.807) is 12.4 Å². The van der Waals surface area contributed by atoms with E-state index >= 15 is 0 Å². The van der Waals surface area contributed by atoms with Gasteiger partial charge in [-0.05, 0) is 18.1 Å². The van der Waals surface area contributed by atoms with Gasteiger partial charge in [0.1, 0.15) is 6.17 Å². The average Bonchev–Trinajstić information content (AvgIpc) is 2.22. The fourth-order valence-corrected chi connectivity index (χ4v) is 1.59. The lowest BCUT2D eigenvalue weighted by Gasteiger charge is -2.34. The number of hydrogen-bond donors (Lipinski definition) is 1. The van der Waals surface area contributed by atoms with Crippen LogP contribution in [0.5, 0.6) is 0 Å². The molecule has 2 heterocycles. The standard InChI is InChI=1S/C11H14FN3O/c1-8-2-9(4-13-3-8)5-14-11(16)15-6-10(12)7-15/h2-4,10H,5-7H2,1H3,(H,14,16). The summed E-state index contributed by atoms with van der Waals surface area (Å²) in [7, 11) is 0. The molecule has 1 aromatic rings. The zero-order valence-electron chi connectivity index (χ0n) is 9.11. The summed E-state index contributed by atoms with van der Waals surface area (Å²) >= 11 is 0. The van der Waals surface area contributed by atoms with Gasteiger partial charge >= 0.3 is 6.03 Å². The number of alkyl halides is 1. The number of carbonyl (C=O) groups is 1. The summed E-state index contributed by atoms with van der Waals surface area (Å²) in [5.41, 5.74) is 2.00. The summed E-state index contributed by atoms with van der Waals surface area (Å²) in [6.07, 6.45) is 2.61. The van der Waals surface area contributed by atoms with E-state index in [4.69, 9.17) is 0 Å². The van der Waals surface area contributed by atoms with Crippen LogP contribution in [0.25, 0.3) is 0 Å². The van der Waals surface area contributed by atoms with Gasteiger partial charge in [-0.15, -0.1) is 0 Å². The summed E-state index contributed by atoms with van der Waals surface area (Å²) in [6, 6.07) is 1.75. The van der Waals surface area contributed by atoms with E-state index < -0.39 is 6.17 Å². The van der Waals surface area contributed by atoms with Gasteiger partial charge in [0.15, 0.2) is 0 Å². The Morgan fingerprint density at radius 3 is 3.00 bits per heavy atom. The molecule has 0 aromatic carbocycles. The fourth-order valence-electron chi connectivity index (χ4n) is 1.59. The monoisotopic (exact) mass is 223 g/mol. The molecule has 1 fully saturated rings.